The number of hydrogen-bond acceptors (Lipinski definition) is 3. The van der Waals surface area contributed by atoms with E-state index in [4.69, 9.17) is 0 Å². The van der Waals surface area contributed by atoms with Crippen molar-refractivity contribution in [1.29, 1.82) is 0 Å². The molecular formula is C23H22N2O2. The van der Waals surface area contributed by atoms with Crippen LogP contribution in [0, 0.1) is 5.41 Å². The minimum Gasteiger partial charge on any atom is -0.267 e. The number of carbonyl (C=O) groups is 2. The van der Waals surface area contributed by atoms with Crippen molar-refractivity contribution >= 4 is 17.5 Å². The normalized spacial score (nSPS) is 28.5. The summed E-state index contributed by atoms with van der Waals surface area (Å²) >= 11 is 0. The van der Waals surface area contributed by atoms with Crippen LogP contribution in [0.3, 0.4) is 0 Å². The topological polar surface area (TPSA) is 49.7 Å². The van der Waals surface area contributed by atoms with Crippen molar-refractivity contribution in [3.8, 4) is 0 Å². The number of hydrogen-bond donors (Lipinski definition) is 0. The van der Waals surface area contributed by atoms with E-state index in [2.05, 4.69) is 35.4 Å². The quantitative estimate of drug-likeness (QED) is 0.726. The third-order valence-electron chi connectivity index (χ3n) is 6.66. The average molecular weight is 358 g/mol. The van der Waals surface area contributed by atoms with Crippen molar-refractivity contribution in [2.75, 3.05) is 0 Å². The van der Waals surface area contributed by atoms with Crippen LogP contribution in [0.25, 0.3) is 0 Å². The molecule has 0 unspecified atom stereocenters. The Bertz CT molecular complexity index is 905. The second-order valence-corrected chi connectivity index (χ2v) is 7.98. The van der Waals surface area contributed by atoms with Crippen molar-refractivity contribution in [3.63, 3.8) is 0 Å². The van der Waals surface area contributed by atoms with Crippen LogP contribution < -0.4 is 0 Å². The maximum absolute atomic E-state index is 12.6. The van der Waals surface area contributed by atoms with Crippen molar-refractivity contribution in [2.24, 2.45) is 10.5 Å². The first-order valence-electron chi connectivity index (χ1n) is 9.79. The van der Waals surface area contributed by atoms with Crippen LogP contribution in [0.2, 0.25) is 0 Å². The molecule has 2 fully saturated rings. The zero-order valence-corrected chi connectivity index (χ0v) is 15.2. The Morgan fingerprint density at radius 2 is 1.41 bits per heavy atom. The molecule has 5 rings (SSSR count). The predicted octanol–water partition coefficient (Wildman–Crippen LogP) is 4.78. The van der Waals surface area contributed by atoms with Gasteiger partial charge < -0.3 is 0 Å². The molecule has 4 heteroatoms. The van der Waals surface area contributed by atoms with Crippen LogP contribution in [0.1, 0.15) is 70.7 Å². The molecule has 1 heterocycles. The Kier molecular flexibility index (Phi) is 3.74. The van der Waals surface area contributed by atoms with Crippen LogP contribution in [-0.2, 0) is 0 Å². The van der Waals surface area contributed by atoms with Crippen molar-refractivity contribution < 1.29 is 9.59 Å². The van der Waals surface area contributed by atoms with E-state index in [-0.39, 0.29) is 17.2 Å². The van der Waals surface area contributed by atoms with Gasteiger partial charge in [0.05, 0.1) is 11.1 Å². The predicted molar refractivity (Wildman–Crippen MR) is 104 cm³/mol. The van der Waals surface area contributed by atoms with Gasteiger partial charge in [-0.2, -0.15) is 10.1 Å². The first kappa shape index (κ1) is 16.4. The van der Waals surface area contributed by atoms with Gasteiger partial charge in [0.15, 0.2) is 0 Å². The largest absolute Gasteiger partial charge is 0.282 e. The first-order valence-corrected chi connectivity index (χ1v) is 9.79. The van der Waals surface area contributed by atoms with Gasteiger partial charge in [0.1, 0.15) is 0 Å². The van der Waals surface area contributed by atoms with E-state index in [9.17, 15) is 9.59 Å². The molecule has 27 heavy (non-hydrogen) atoms. The summed E-state index contributed by atoms with van der Waals surface area (Å²) in [7, 11) is 0. The van der Waals surface area contributed by atoms with E-state index < -0.39 is 0 Å². The number of rotatable bonds is 2. The molecule has 2 amide bonds. The Morgan fingerprint density at radius 1 is 0.815 bits per heavy atom. The molecule has 136 valence electrons. The lowest BCUT2D eigenvalue weighted by Gasteiger charge is -2.48. The monoisotopic (exact) mass is 358 g/mol. The second-order valence-electron chi connectivity index (χ2n) is 7.98. The Morgan fingerprint density at radius 3 is 1.96 bits per heavy atom. The minimum atomic E-state index is -0.289. The molecule has 0 atom stereocenters. The molecular weight excluding hydrogens is 336 g/mol. The summed E-state index contributed by atoms with van der Waals surface area (Å²) in [6.07, 6.45) is 6.49. The highest BCUT2D eigenvalue weighted by atomic mass is 16.2. The number of amides is 2. The Hall–Kier alpha value is -2.75. The van der Waals surface area contributed by atoms with E-state index in [1.165, 1.54) is 5.56 Å². The first-order chi connectivity index (χ1) is 13.2. The highest BCUT2D eigenvalue weighted by Gasteiger charge is 2.47. The number of carbonyl (C=O) groups excluding carboxylic acids is 2. The molecule has 2 aromatic carbocycles. The SMILES string of the molecule is O=C1c2ccccc2C(=O)N1/N=C1\CCC12CCC(c1ccccc1)CC2. The number of imide groups is 1. The summed E-state index contributed by atoms with van der Waals surface area (Å²) in [5.41, 5.74) is 3.50. The molecule has 0 radical (unpaired) electrons. The highest BCUT2D eigenvalue weighted by Crippen LogP contribution is 2.53. The molecule has 0 N–H and O–H groups in total. The third-order valence-corrected chi connectivity index (χ3v) is 6.66. The number of nitrogens with zero attached hydrogens (tertiary/aromatic N) is 2. The van der Waals surface area contributed by atoms with Gasteiger partial charge in [0.2, 0.25) is 0 Å². The molecule has 1 aliphatic heterocycles. The summed E-state index contributed by atoms with van der Waals surface area (Å²) in [6.45, 7) is 0. The molecule has 1 spiro atoms. The molecule has 2 aliphatic carbocycles. The minimum absolute atomic E-state index is 0.0978. The van der Waals surface area contributed by atoms with Crippen LogP contribution in [0.15, 0.2) is 59.7 Å². The fourth-order valence-corrected chi connectivity index (χ4v) is 4.90. The molecule has 0 aromatic heterocycles. The van der Waals surface area contributed by atoms with E-state index in [0.717, 1.165) is 49.2 Å². The second kappa shape index (κ2) is 6.15. The zero-order valence-electron chi connectivity index (χ0n) is 15.2. The van der Waals surface area contributed by atoms with Crippen molar-refractivity contribution in [1.82, 2.24) is 5.01 Å². The van der Waals surface area contributed by atoms with Gasteiger partial charge in [-0.25, -0.2) is 0 Å². The summed E-state index contributed by atoms with van der Waals surface area (Å²) < 4.78 is 0. The molecule has 0 bridgehead atoms. The van der Waals surface area contributed by atoms with Crippen LogP contribution in [0.5, 0.6) is 0 Å². The zero-order chi connectivity index (χ0) is 18.4. The summed E-state index contributed by atoms with van der Waals surface area (Å²) in [6, 6.07) is 17.7. The fourth-order valence-electron chi connectivity index (χ4n) is 4.90. The summed E-state index contributed by atoms with van der Waals surface area (Å²) in [4.78, 5) is 25.2. The summed E-state index contributed by atoms with van der Waals surface area (Å²) in [5, 5.41) is 5.69. The lowest BCUT2D eigenvalue weighted by atomic mass is 9.57. The van der Waals surface area contributed by atoms with Crippen LogP contribution in [-0.4, -0.2) is 22.5 Å². The molecule has 0 saturated heterocycles. The van der Waals surface area contributed by atoms with Gasteiger partial charge in [-0.05, 0) is 62.1 Å². The maximum Gasteiger partial charge on any atom is 0.282 e. The summed E-state index contributed by atoms with van der Waals surface area (Å²) in [5.74, 6) is 0.0317. The number of fused-ring (bicyclic) bond motifs is 1. The Labute approximate surface area is 158 Å². The Balaban J connectivity index is 1.34. The lowest BCUT2D eigenvalue weighted by molar-refractivity contribution is 0.0651. The van der Waals surface area contributed by atoms with Crippen LogP contribution >= 0.6 is 0 Å². The van der Waals surface area contributed by atoms with Crippen molar-refractivity contribution in [2.45, 2.75) is 44.4 Å². The van der Waals surface area contributed by atoms with Crippen LogP contribution in [0.4, 0.5) is 0 Å². The smallest absolute Gasteiger partial charge is 0.267 e. The molecule has 2 saturated carbocycles. The van der Waals surface area contributed by atoms with E-state index >= 15 is 0 Å². The lowest BCUT2D eigenvalue weighted by Crippen LogP contribution is -2.45. The average Bonchev–Trinajstić information content (AvgIpc) is 2.96. The highest BCUT2D eigenvalue weighted by molar-refractivity contribution is 6.21. The van der Waals surface area contributed by atoms with Gasteiger partial charge in [-0.1, -0.05) is 42.5 Å². The number of benzene rings is 2. The number of hydrazone groups is 1. The fraction of sp³-hybridized carbons (Fsp3) is 0.348. The van der Waals surface area contributed by atoms with E-state index in [1.807, 2.05) is 0 Å². The van der Waals surface area contributed by atoms with Gasteiger partial charge in [0.25, 0.3) is 11.8 Å². The third kappa shape index (κ3) is 2.54. The molecule has 4 nitrogen and oxygen atoms in total. The van der Waals surface area contributed by atoms with E-state index in [0.29, 0.717) is 17.0 Å². The van der Waals surface area contributed by atoms with Gasteiger partial charge in [-0.15, -0.1) is 0 Å². The molecule has 3 aliphatic rings. The van der Waals surface area contributed by atoms with E-state index in [1.54, 1.807) is 24.3 Å². The van der Waals surface area contributed by atoms with Gasteiger partial charge >= 0.3 is 0 Å². The van der Waals surface area contributed by atoms with Crippen molar-refractivity contribution in [3.05, 3.63) is 71.3 Å². The maximum atomic E-state index is 12.6. The van der Waals surface area contributed by atoms with Gasteiger partial charge in [-0.3, -0.25) is 9.59 Å². The van der Waals surface area contributed by atoms with Gasteiger partial charge in [0, 0.05) is 11.1 Å². The standard InChI is InChI=1S/C23H22N2O2/c26-21-18-8-4-5-9-19(18)22(27)25(21)24-20-12-15-23(20)13-10-17(11-14-23)16-6-2-1-3-7-16/h1-9,17H,10-15H2/b24-20+. The molecule has 2 aromatic rings.